The average Bonchev–Trinajstić information content (AvgIpc) is 2.49. The van der Waals surface area contributed by atoms with Crippen molar-refractivity contribution in [1.29, 1.82) is 0 Å². The molecule has 0 aromatic heterocycles. The largest absolute Gasteiger partial charge is 0.478 e. The minimum absolute atomic E-state index is 0.0470. The lowest BCUT2D eigenvalue weighted by molar-refractivity contribution is -0.127. The first-order chi connectivity index (χ1) is 8.58. The van der Waals surface area contributed by atoms with Crippen LogP contribution < -0.4 is 15.8 Å². The molecule has 1 aromatic rings. The number of hydrogen-bond acceptors (Lipinski definition) is 3. The lowest BCUT2D eigenvalue weighted by Crippen LogP contribution is -2.36. The molecule has 0 radical (unpaired) electrons. The molecule has 0 saturated carbocycles. The van der Waals surface area contributed by atoms with Gasteiger partial charge >= 0.3 is 0 Å². The van der Waals surface area contributed by atoms with E-state index >= 15 is 0 Å². The van der Waals surface area contributed by atoms with E-state index in [2.05, 4.69) is 21.2 Å². The van der Waals surface area contributed by atoms with Gasteiger partial charge in [-0.05, 0) is 43.9 Å². The molecular formula is C13H17BrN2O2. The predicted molar refractivity (Wildman–Crippen MR) is 74.6 cm³/mol. The van der Waals surface area contributed by atoms with E-state index in [4.69, 9.17) is 10.5 Å². The van der Waals surface area contributed by atoms with Gasteiger partial charge in [-0.25, -0.2) is 0 Å². The molecule has 1 unspecified atom stereocenters. The van der Waals surface area contributed by atoms with E-state index in [0.717, 1.165) is 35.8 Å². The van der Waals surface area contributed by atoms with Gasteiger partial charge in [-0.3, -0.25) is 4.79 Å². The zero-order valence-corrected chi connectivity index (χ0v) is 11.9. The maximum Gasteiger partial charge on any atom is 0.261 e. The van der Waals surface area contributed by atoms with Crippen molar-refractivity contribution in [3.8, 4) is 5.75 Å². The Morgan fingerprint density at radius 2 is 2.22 bits per heavy atom. The summed E-state index contributed by atoms with van der Waals surface area (Å²) in [5, 5.41) is 2.85. The Morgan fingerprint density at radius 3 is 2.94 bits per heavy atom. The van der Waals surface area contributed by atoms with Gasteiger partial charge in [0, 0.05) is 11.0 Å². The Morgan fingerprint density at radius 1 is 1.44 bits per heavy atom. The van der Waals surface area contributed by atoms with Gasteiger partial charge in [-0.15, -0.1) is 0 Å². The van der Waals surface area contributed by atoms with Gasteiger partial charge in [-0.2, -0.15) is 0 Å². The average molecular weight is 313 g/mol. The lowest BCUT2D eigenvalue weighted by atomic mass is 10.1. The molecule has 1 aliphatic heterocycles. The van der Waals surface area contributed by atoms with E-state index in [0.29, 0.717) is 11.4 Å². The Kier molecular flexibility index (Phi) is 4.11. The van der Waals surface area contributed by atoms with Gasteiger partial charge in [-0.1, -0.05) is 15.9 Å². The number of rotatable bonds is 2. The molecule has 1 aromatic carbocycles. The summed E-state index contributed by atoms with van der Waals surface area (Å²) in [5.74, 6) is 0.564. The molecule has 0 bridgehead atoms. The van der Waals surface area contributed by atoms with Crippen LogP contribution >= 0.6 is 15.9 Å². The molecule has 98 valence electrons. The minimum atomic E-state index is -0.435. The molecule has 1 atom stereocenters. The zero-order valence-electron chi connectivity index (χ0n) is 10.3. The highest BCUT2D eigenvalue weighted by molar-refractivity contribution is 9.10. The lowest BCUT2D eigenvalue weighted by Gasteiger charge is -2.19. The van der Waals surface area contributed by atoms with Gasteiger partial charge in [0.05, 0.1) is 5.69 Å². The molecular weight excluding hydrogens is 296 g/mol. The molecule has 2 rings (SSSR count). The van der Waals surface area contributed by atoms with Gasteiger partial charge < -0.3 is 15.8 Å². The number of anilines is 1. The third kappa shape index (κ3) is 2.96. The van der Waals surface area contributed by atoms with E-state index in [1.54, 1.807) is 6.07 Å². The molecule has 3 N–H and O–H groups in total. The van der Waals surface area contributed by atoms with Crippen molar-refractivity contribution in [2.75, 3.05) is 12.3 Å². The van der Waals surface area contributed by atoms with Crippen molar-refractivity contribution in [2.45, 2.75) is 32.3 Å². The molecule has 0 spiro atoms. The highest BCUT2D eigenvalue weighted by atomic mass is 79.9. The first-order valence-electron chi connectivity index (χ1n) is 6.08. The van der Waals surface area contributed by atoms with E-state index < -0.39 is 6.10 Å². The number of nitrogen functional groups attached to an aromatic ring is 1. The summed E-state index contributed by atoms with van der Waals surface area (Å²) < 4.78 is 6.72. The van der Waals surface area contributed by atoms with Crippen LogP contribution in [0.1, 0.15) is 24.8 Å². The number of amides is 1. The van der Waals surface area contributed by atoms with Gasteiger partial charge in [0.2, 0.25) is 0 Å². The molecule has 1 saturated heterocycles. The molecule has 1 amide bonds. The summed E-state index contributed by atoms with van der Waals surface area (Å²) in [5.41, 5.74) is 7.42. The summed E-state index contributed by atoms with van der Waals surface area (Å²) in [6, 6.07) is 3.72. The summed E-state index contributed by atoms with van der Waals surface area (Å²) in [6.07, 6.45) is 2.29. The Balaban J connectivity index is 2.20. The highest BCUT2D eigenvalue weighted by Gasteiger charge is 2.23. The monoisotopic (exact) mass is 312 g/mol. The van der Waals surface area contributed by atoms with Crippen molar-refractivity contribution < 1.29 is 9.53 Å². The van der Waals surface area contributed by atoms with E-state index in [1.165, 1.54) is 0 Å². The van der Waals surface area contributed by atoms with Crippen molar-refractivity contribution >= 4 is 27.5 Å². The van der Waals surface area contributed by atoms with Crippen molar-refractivity contribution in [1.82, 2.24) is 5.32 Å². The molecule has 5 heteroatoms. The predicted octanol–water partition coefficient (Wildman–Crippen LogP) is 2.39. The first-order valence-corrected chi connectivity index (χ1v) is 6.87. The fraction of sp³-hybridized carbons (Fsp3) is 0.462. The van der Waals surface area contributed by atoms with Crippen LogP contribution in [0.2, 0.25) is 0 Å². The standard InChI is InChI=1S/C13H17BrN2O2/c1-8-6-9(14)7-10(15)12(8)18-11-4-2-3-5-16-13(11)17/h6-7,11H,2-5,15H2,1H3,(H,16,17). The van der Waals surface area contributed by atoms with Crippen LogP contribution in [-0.4, -0.2) is 18.6 Å². The molecule has 4 nitrogen and oxygen atoms in total. The second-order valence-corrected chi connectivity index (χ2v) is 5.45. The third-order valence-electron chi connectivity index (χ3n) is 3.01. The number of aryl methyl sites for hydroxylation is 1. The number of benzene rings is 1. The van der Waals surface area contributed by atoms with Crippen LogP contribution in [0.3, 0.4) is 0 Å². The molecule has 18 heavy (non-hydrogen) atoms. The maximum absolute atomic E-state index is 11.8. The van der Waals surface area contributed by atoms with Crippen LogP contribution in [0.15, 0.2) is 16.6 Å². The summed E-state index contributed by atoms with van der Waals surface area (Å²) in [4.78, 5) is 11.8. The SMILES string of the molecule is Cc1cc(Br)cc(N)c1OC1CCCCNC1=O. The summed E-state index contributed by atoms with van der Waals surface area (Å²) >= 11 is 3.38. The zero-order chi connectivity index (χ0) is 13.1. The summed E-state index contributed by atoms with van der Waals surface area (Å²) in [6.45, 7) is 2.65. The van der Waals surface area contributed by atoms with Crippen molar-refractivity contribution in [3.63, 3.8) is 0 Å². The van der Waals surface area contributed by atoms with E-state index in [-0.39, 0.29) is 5.91 Å². The van der Waals surface area contributed by atoms with Crippen LogP contribution in [0.25, 0.3) is 0 Å². The number of carbonyl (C=O) groups excluding carboxylic acids is 1. The number of nitrogens with two attached hydrogens (primary N) is 1. The highest BCUT2D eigenvalue weighted by Crippen LogP contribution is 2.31. The van der Waals surface area contributed by atoms with Crippen LogP contribution in [-0.2, 0) is 4.79 Å². The quantitative estimate of drug-likeness (QED) is 0.824. The van der Waals surface area contributed by atoms with Crippen LogP contribution in [0, 0.1) is 6.92 Å². The van der Waals surface area contributed by atoms with Gasteiger partial charge in [0.15, 0.2) is 6.10 Å². The number of nitrogens with one attached hydrogen (secondary N) is 1. The third-order valence-corrected chi connectivity index (χ3v) is 3.47. The van der Waals surface area contributed by atoms with Crippen molar-refractivity contribution in [2.24, 2.45) is 0 Å². The molecule has 0 aliphatic carbocycles. The molecule has 1 heterocycles. The second kappa shape index (κ2) is 5.61. The number of hydrogen-bond donors (Lipinski definition) is 2. The van der Waals surface area contributed by atoms with Gasteiger partial charge in [0.1, 0.15) is 5.75 Å². The van der Waals surface area contributed by atoms with Gasteiger partial charge in [0.25, 0.3) is 5.91 Å². The topological polar surface area (TPSA) is 64.3 Å². The number of halogens is 1. The van der Waals surface area contributed by atoms with Crippen LogP contribution in [0.5, 0.6) is 5.75 Å². The van der Waals surface area contributed by atoms with E-state index in [1.807, 2.05) is 13.0 Å². The smallest absolute Gasteiger partial charge is 0.261 e. The minimum Gasteiger partial charge on any atom is -0.478 e. The fourth-order valence-corrected chi connectivity index (χ4v) is 2.67. The number of ether oxygens (including phenoxy) is 1. The number of carbonyl (C=O) groups is 1. The summed E-state index contributed by atoms with van der Waals surface area (Å²) in [7, 11) is 0. The maximum atomic E-state index is 11.8. The first kappa shape index (κ1) is 13.2. The normalized spacial score (nSPS) is 20.1. The molecule has 1 aliphatic rings. The second-order valence-electron chi connectivity index (χ2n) is 4.53. The fourth-order valence-electron chi connectivity index (χ4n) is 2.08. The Labute approximate surface area is 115 Å². The Hall–Kier alpha value is -1.23. The van der Waals surface area contributed by atoms with Crippen molar-refractivity contribution in [3.05, 3.63) is 22.2 Å². The Bertz CT molecular complexity index is 439. The van der Waals surface area contributed by atoms with Crippen LogP contribution in [0.4, 0.5) is 5.69 Å². The van der Waals surface area contributed by atoms with E-state index in [9.17, 15) is 4.79 Å². The molecule has 1 fully saturated rings.